The van der Waals surface area contributed by atoms with Crippen molar-refractivity contribution in [2.45, 2.75) is 31.5 Å². The summed E-state index contributed by atoms with van der Waals surface area (Å²) in [6, 6.07) is 21.2. The molecule has 0 aliphatic carbocycles. The van der Waals surface area contributed by atoms with E-state index in [-0.39, 0.29) is 5.41 Å². The van der Waals surface area contributed by atoms with Crippen molar-refractivity contribution in [3.05, 3.63) is 95.8 Å². The molecule has 1 aromatic heterocycles. The Kier molecular flexibility index (Phi) is 3.63. The second-order valence-corrected chi connectivity index (χ2v) is 8.22. The summed E-state index contributed by atoms with van der Waals surface area (Å²) < 4.78 is 9.10. The number of para-hydroxylation sites is 2. The van der Waals surface area contributed by atoms with Gasteiger partial charge in [-0.1, -0.05) is 36.4 Å². The average Bonchev–Trinajstić information content (AvgIpc) is 2.88. The first kappa shape index (κ1) is 17.1. The summed E-state index contributed by atoms with van der Waals surface area (Å²) in [5.74, 6) is 0.981. The summed E-state index contributed by atoms with van der Waals surface area (Å²) >= 11 is 0. The first-order valence-corrected chi connectivity index (χ1v) is 9.80. The monoisotopic (exact) mass is 369 g/mol. The number of ether oxygens (including phenoxy) is 1. The average molecular weight is 369 g/mol. The van der Waals surface area contributed by atoms with Gasteiger partial charge in [-0.15, -0.1) is 0 Å². The van der Waals surface area contributed by atoms with Gasteiger partial charge in [-0.25, -0.2) is 4.57 Å². The van der Waals surface area contributed by atoms with Gasteiger partial charge in [0, 0.05) is 30.4 Å². The van der Waals surface area contributed by atoms with E-state index < -0.39 is 5.72 Å². The number of hydrogen-bond acceptors (Lipinski definition) is 2. The van der Waals surface area contributed by atoms with E-state index in [0.717, 1.165) is 17.9 Å². The Morgan fingerprint density at radius 2 is 1.71 bits per heavy atom. The van der Waals surface area contributed by atoms with Crippen LogP contribution in [0, 0.1) is 0 Å². The number of aromatic nitrogens is 1. The standard InChI is InChI=1S/C25H25N2O/c1-24(2)21-12-5-6-13-22(21)26(3)25(24)15-14-19-10-9-11-20(23(19)28-25)18-27-16-7-4-8-17-27/h4-17H,18H2,1-3H3/q+1. The lowest BCUT2D eigenvalue weighted by Gasteiger charge is -2.46. The molecule has 1 spiro atoms. The third-order valence-corrected chi connectivity index (χ3v) is 6.34. The molecule has 140 valence electrons. The molecule has 0 N–H and O–H groups in total. The van der Waals surface area contributed by atoms with E-state index in [0.29, 0.717) is 0 Å². The van der Waals surface area contributed by atoms with Gasteiger partial charge in [0.25, 0.3) is 0 Å². The minimum Gasteiger partial charge on any atom is -0.462 e. The maximum atomic E-state index is 6.92. The fraction of sp³-hybridized carbons (Fsp3) is 0.240. The SMILES string of the molecule is CN1c2ccccc2C(C)(C)C12C=Cc1cccc(C[n+]3ccccc3)c1O2. The van der Waals surface area contributed by atoms with Crippen molar-refractivity contribution in [2.24, 2.45) is 0 Å². The molecule has 1 unspecified atom stereocenters. The van der Waals surface area contributed by atoms with E-state index in [9.17, 15) is 0 Å². The molecule has 5 rings (SSSR count). The quantitative estimate of drug-likeness (QED) is 0.616. The number of anilines is 1. The predicted octanol–water partition coefficient (Wildman–Crippen LogP) is 4.55. The maximum absolute atomic E-state index is 6.92. The van der Waals surface area contributed by atoms with Gasteiger partial charge < -0.3 is 9.64 Å². The molecule has 0 radical (unpaired) electrons. The highest BCUT2D eigenvalue weighted by Crippen LogP contribution is 2.54. The lowest BCUT2D eigenvalue weighted by molar-refractivity contribution is -0.688. The second-order valence-electron chi connectivity index (χ2n) is 8.22. The van der Waals surface area contributed by atoms with Crippen molar-refractivity contribution in [3.8, 4) is 5.75 Å². The van der Waals surface area contributed by atoms with Crippen LogP contribution in [0.3, 0.4) is 0 Å². The number of pyridine rings is 1. The van der Waals surface area contributed by atoms with Crippen LogP contribution in [0.15, 0.2) is 79.1 Å². The molecule has 0 saturated carbocycles. The number of benzene rings is 2. The number of hydrogen-bond donors (Lipinski definition) is 0. The van der Waals surface area contributed by atoms with E-state index in [1.165, 1.54) is 16.8 Å². The maximum Gasteiger partial charge on any atom is 0.211 e. The molecule has 3 nitrogen and oxygen atoms in total. The molecule has 2 aliphatic rings. The van der Waals surface area contributed by atoms with E-state index in [1.807, 2.05) is 6.07 Å². The normalized spacial score (nSPS) is 21.3. The number of fused-ring (bicyclic) bond motifs is 2. The Labute approximate surface area is 166 Å². The lowest BCUT2D eigenvalue weighted by atomic mass is 9.76. The predicted molar refractivity (Wildman–Crippen MR) is 112 cm³/mol. The summed E-state index contributed by atoms with van der Waals surface area (Å²) in [6.07, 6.45) is 8.64. The zero-order valence-corrected chi connectivity index (χ0v) is 16.6. The molecule has 28 heavy (non-hydrogen) atoms. The van der Waals surface area contributed by atoms with Gasteiger partial charge in [-0.3, -0.25) is 0 Å². The molecule has 2 aromatic carbocycles. The summed E-state index contributed by atoms with van der Waals surface area (Å²) in [5.41, 5.74) is 4.16. The van der Waals surface area contributed by atoms with Crippen LogP contribution in [0.25, 0.3) is 6.08 Å². The van der Waals surface area contributed by atoms with Gasteiger partial charge in [-0.05, 0) is 43.7 Å². The van der Waals surface area contributed by atoms with Crippen LogP contribution in [-0.2, 0) is 12.0 Å². The minimum atomic E-state index is -0.541. The molecular formula is C25H25N2O+. The highest BCUT2D eigenvalue weighted by molar-refractivity contribution is 5.72. The van der Waals surface area contributed by atoms with Crippen molar-refractivity contribution < 1.29 is 9.30 Å². The molecule has 0 amide bonds. The van der Waals surface area contributed by atoms with Gasteiger partial charge in [0.1, 0.15) is 5.75 Å². The lowest BCUT2D eigenvalue weighted by Crippen LogP contribution is -2.58. The van der Waals surface area contributed by atoms with Gasteiger partial charge in [0.2, 0.25) is 5.72 Å². The largest absolute Gasteiger partial charge is 0.462 e. The molecule has 2 aliphatic heterocycles. The molecule has 0 fully saturated rings. The Morgan fingerprint density at radius 3 is 2.50 bits per heavy atom. The van der Waals surface area contributed by atoms with Crippen LogP contribution in [0.1, 0.15) is 30.5 Å². The highest BCUT2D eigenvalue weighted by Gasteiger charge is 2.57. The Bertz CT molecular complexity index is 1070. The van der Waals surface area contributed by atoms with E-state index in [1.54, 1.807) is 0 Å². The molecule has 0 saturated heterocycles. The van der Waals surface area contributed by atoms with Crippen LogP contribution < -0.4 is 14.2 Å². The summed E-state index contributed by atoms with van der Waals surface area (Å²) in [7, 11) is 2.14. The molecule has 0 bridgehead atoms. The van der Waals surface area contributed by atoms with E-state index in [4.69, 9.17) is 4.74 Å². The fourth-order valence-corrected chi connectivity index (χ4v) is 4.72. The van der Waals surface area contributed by atoms with E-state index in [2.05, 4.69) is 110 Å². The van der Waals surface area contributed by atoms with Crippen molar-refractivity contribution in [2.75, 3.05) is 11.9 Å². The zero-order valence-electron chi connectivity index (χ0n) is 16.6. The molecule has 3 aromatic rings. The second kappa shape index (κ2) is 5.96. The fourth-order valence-electron chi connectivity index (χ4n) is 4.72. The van der Waals surface area contributed by atoms with Gasteiger partial charge >= 0.3 is 0 Å². The summed E-state index contributed by atoms with van der Waals surface area (Å²) in [4.78, 5) is 2.29. The van der Waals surface area contributed by atoms with E-state index >= 15 is 0 Å². The molecule has 3 heterocycles. The van der Waals surface area contributed by atoms with Crippen molar-refractivity contribution >= 4 is 11.8 Å². The van der Waals surface area contributed by atoms with Crippen molar-refractivity contribution in [1.29, 1.82) is 0 Å². The first-order valence-electron chi connectivity index (χ1n) is 9.80. The molecule has 1 atom stereocenters. The number of rotatable bonds is 2. The summed E-state index contributed by atoms with van der Waals surface area (Å²) in [5, 5.41) is 0. The van der Waals surface area contributed by atoms with Crippen molar-refractivity contribution in [3.63, 3.8) is 0 Å². The Morgan fingerprint density at radius 1 is 0.929 bits per heavy atom. The zero-order chi connectivity index (χ0) is 19.4. The van der Waals surface area contributed by atoms with Gasteiger partial charge in [0.05, 0.1) is 11.0 Å². The third kappa shape index (κ3) is 2.26. The number of likely N-dealkylation sites (N-methyl/N-ethyl adjacent to an activating group) is 1. The number of nitrogens with zero attached hydrogens (tertiary/aromatic N) is 2. The highest BCUT2D eigenvalue weighted by atomic mass is 16.5. The van der Waals surface area contributed by atoms with Gasteiger partial charge in [0.15, 0.2) is 18.9 Å². The van der Waals surface area contributed by atoms with Crippen molar-refractivity contribution in [1.82, 2.24) is 0 Å². The third-order valence-electron chi connectivity index (χ3n) is 6.34. The molecular weight excluding hydrogens is 344 g/mol. The van der Waals surface area contributed by atoms with Crippen LogP contribution in [0.4, 0.5) is 5.69 Å². The van der Waals surface area contributed by atoms with Crippen LogP contribution >= 0.6 is 0 Å². The molecule has 3 heteroatoms. The van der Waals surface area contributed by atoms with Gasteiger partial charge in [-0.2, -0.15) is 0 Å². The van der Waals surface area contributed by atoms with Crippen LogP contribution in [-0.4, -0.2) is 12.8 Å². The topological polar surface area (TPSA) is 16.4 Å². The summed E-state index contributed by atoms with van der Waals surface area (Å²) in [6.45, 7) is 5.34. The van der Waals surface area contributed by atoms with Crippen LogP contribution in [0.2, 0.25) is 0 Å². The minimum absolute atomic E-state index is 0.181. The Balaban J connectivity index is 1.61. The van der Waals surface area contributed by atoms with Crippen LogP contribution in [0.5, 0.6) is 5.75 Å². The smallest absolute Gasteiger partial charge is 0.211 e. The first-order chi connectivity index (χ1) is 13.5. The Hall–Kier alpha value is -3.07.